The van der Waals surface area contributed by atoms with Gasteiger partial charge < -0.3 is 4.90 Å². The molecular formula is C26H28N2O3S. The maximum atomic E-state index is 13.3. The molecule has 1 aliphatic heterocycles. The Bertz CT molecular complexity index is 1270. The fourth-order valence-corrected chi connectivity index (χ4v) is 6.01. The fourth-order valence-electron chi connectivity index (χ4n) is 4.35. The van der Waals surface area contributed by atoms with Crippen LogP contribution in [0.4, 0.5) is 5.69 Å². The van der Waals surface area contributed by atoms with Gasteiger partial charge >= 0.3 is 0 Å². The summed E-state index contributed by atoms with van der Waals surface area (Å²) in [5.74, 6) is -0.0104. The minimum Gasteiger partial charge on any atom is -0.334 e. The van der Waals surface area contributed by atoms with E-state index in [1.165, 1.54) is 0 Å². The maximum absolute atomic E-state index is 13.3. The van der Waals surface area contributed by atoms with Gasteiger partial charge in [0, 0.05) is 24.3 Å². The van der Waals surface area contributed by atoms with E-state index >= 15 is 0 Å². The van der Waals surface area contributed by atoms with E-state index in [9.17, 15) is 13.2 Å². The Morgan fingerprint density at radius 3 is 2.19 bits per heavy atom. The number of hydrogen-bond acceptors (Lipinski definition) is 3. The Kier molecular flexibility index (Phi) is 5.82. The summed E-state index contributed by atoms with van der Waals surface area (Å²) in [6, 6.07) is 16.9. The first-order valence-corrected chi connectivity index (χ1v) is 12.2. The van der Waals surface area contributed by atoms with Crippen molar-refractivity contribution in [1.82, 2.24) is 4.90 Å². The highest BCUT2D eigenvalue weighted by Gasteiger charge is 2.25. The molecule has 1 N–H and O–H groups in total. The van der Waals surface area contributed by atoms with Crippen LogP contribution in [-0.2, 0) is 23.0 Å². The molecule has 0 bridgehead atoms. The molecule has 1 heterocycles. The van der Waals surface area contributed by atoms with E-state index in [1.54, 1.807) is 6.07 Å². The number of fused-ring (bicyclic) bond motifs is 1. The van der Waals surface area contributed by atoms with E-state index in [0.717, 1.165) is 39.8 Å². The van der Waals surface area contributed by atoms with E-state index in [0.29, 0.717) is 29.2 Å². The second-order valence-corrected chi connectivity index (χ2v) is 10.1. The van der Waals surface area contributed by atoms with Crippen LogP contribution in [0.15, 0.2) is 59.5 Å². The van der Waals surface area contributed by atoms with Crippen molar-refractivity contribution in [3.8, 4) is 0 Å². The normalized spacial score (nSPS) is 13.6. The third-order valence-electron chi connectivity index (χ3n) is 6.34. The minimum atomic E-state index is -3.75. The molecule has 0 spiro atoms. The summed E-state index contributed by atoms with van der Waals surface area (Å²) in [6.45, 7) is 8.65. The van der Waals surface area contributed by atoms with Gasteiger partial charge in [-0.3, -0.25) is 9.52 Å². The Balaban J connectivity index is 1.61. The van der Waals surface area contributed by atoms with Crippen molar-refractivity contribution in [1.29, 1.82) is 0 Å². The zero-order chi connectivity index (χ0) is 23.0. The first-order valence-electron chi connectivity index (χ1n) is 10.7. The highest BCUT2D eigenvalue weighted by atomic mass is 32.2. The van der Waals surface area contributed by atoms with Crippen LogP contribution in [0.3, 0.4) is 0 Å². The number of sulfonamides is 1. The van der Waals surface area contributed by atoms with Gasteiger partial charge in [-0.2, -0.15) is 0 Å². The minimum absolute atomic E-state index is 0.0104. The van der Waals surface area contributed by atoms with Crippen LogP contribution in [-0.4, -0.2) is 25.8 Å². The molecule has 5 nitrogen and oxygen atoms in total. The lowest BCUT2D eigenvalue weighted by atomic mass is 9.98. The number of rotatable bonds is 4. The Morgan fingerprint density at radius 2 is 1.53 bits per heavy atom. The predicted molar refractivity (Wildman–Crippen MR) is 128 cm³/mol. The molecule has 0 unspecified atom stereocenters. The summed E-state index contributed by atoms with van der Waals surface area (Å²) in [5, 5.41) is 0. The monoisotopic (exact) mass is 448 g/mol. The lowest BCUT2D eigenvalue weighted by molar-refractivity contribution is 0.0734. The average molecular weight is 449 g/mol. The number of nitrogens with zero attached hydrogens (tertiary/aromatic N) is 1. The Hall–Kier alpha value is -3.12. The summed E-state index contributed by atoms with van der Waals surface area (Å²) in [7, 11) is -3.75. The highest BCUT2D eigenvalue weighted by molar-refractivity contribution is 7.92. The number of aryl methyl sites for hydroxylation is 2. The summed E-state index contributed by atoms with van der Waals surface area (Å²) < 4.78 is 29.4. The number of carbonyl (C=O) groups excluding carboxylic acids is 1. The molecule has 0 saturated heterocycles. The van der Waals surface area contributed by atoms with Crippen molar-refractivity contribution < 1.29 is 13.2 Å². The SMILES string of the molecule is Cc1cc(C)c(C)c(S(=O)(=O)Nc2ccc3c(c2)CN(C(=O)c2ccccc2)CC3)c1C. The van der Waals surface area contributed by atoms with E-state index in [-0.39, 0.29) is 5.91 Å². The molecule has 0 fully saturated rings. The molecule has 3 aromatic rings. The van der Waals surface area contributed by atoms with Crippen molar-refractivity contribution in [2.75, 3.05) is 11.3 Å². The number of benzene rings is 3. The van der Waals surface area contributed by atoms with Crippen LogP contribution in [0, 0.1) is 27.7 Å². The third kappa shape index (κ3) is 4.15. The number of hydrogen-bond donors (Lipinski definition) is 1. The van der Waals surface area contributed by atoms with Gasteiger partial charge in [0.2, 0.25) is 0 Å². The second kappa shape index (κ2) is 8.43. The molecule has 4 rings (SSSR count). The molecule has 1 aliphatic rings. The highest BCUT2D eigenvalue weighted by Crippen LogP contribution is 2.29. The number of amides is 1. The van der Waals surface area contributed by atoms with Gasteiger partial charge in [0.15, 0.2) is 0 Å². The number of nitrogens with one attached hydrogen (secondary N) is 1. The van der Waals surface area contributed by atoms with Crippen molar-refractivity contribution in [2.45, 2.75) is 45.6 Å². The number of anilines is 1. The lowest BCUT2D eigenvalue weighted by Gasteiger charge is -2.29. The van der Waals surface area contributed by atoms with Crippen LogP contribution in [0.1, 0.15) is 43.7 Å². The van der Waals surface area contributed by atoms with Crippen molar-refractivity contribution in [3.63, 3.8) is 0 Å². The molecule has 0 aliphatic carbocycles. The Morgan fingerprint density at radius 1 is 0.875 bits per heavy atom. The third-order valence-corrected chi connectivity index (χ3v) is 8.00. The second-order valence-electron chi connectivity index (χ2n) is 8.52. The zero-order valence-electron chi connectivity index (χ0n) is 18.9. The topological polar surface area (TPSA) is 66.5 Å². The molecule has 32 heavy (non-hydrogen) atoms. The molecular weight excluding hydrogens is 420 g/mol. The van der Waals surface area contributed by atoms with Crippen molar-refractivity contribution in [2.24, 2.45) is 0 Å². The maximum Gasteiger partial charge on any atom is 0.262 e. The molecule has 166 valence electrons. The van der Waals surface area contributed by atoms with Gasteiger partial charge in [0.1, 0.15) is 0 Å². The average Bonchev–Trinajstić information content (AvgIpc) is 2.77. The van der Waals surface area contributed by atoms with Gasteiger partial charge in [-0.15, -0.1) is 0 Å². The lowest BCUT2D eigenvalue weighted by Crippen LogP contribution is -2.36. The first-order chi connectivity index (χ1) is 15.2. The molecule has 0 saturated carbocycles. The molecule has 3 aromatic carbocycles. The van der Waals surface area contributed by atoms with Gasteiger partial charge in [0.05, 0.1) is 4.90 Å². The molecule has 0 atom stereocenters. The molecule has 6 heteroatoms. The van der Waals surface area contributed by atoms with Crippen LogP contribution < -0.4 is 4.72 Å². The van der Waals surface area contributed by atoms with Gasteiger partial charge in [-0.05, 0) is 91.8 Å². The van der Waals surface area contributed by atoms with E-state index in [4.69, 9.17) is 0 Å². The molecule has 0 aromatic heterocycles. The molecule has 1 amide bonds. The molecule has 0 radical (unpaired) electrons. The predicted octanol–water partition coefficient (Wildman–Crippen LogP) is 4.92. The zero-order valence-corrected chi connectivity index (χ0v) is 19.7. The van der Waals surface area contributed by atoms with Crippen LogP contribution in [0.25, 0.3) is 0 Å². The van der Waals surface area contributed by atoms with Gasteiger partial charge in [-0.1, -0.05) is 30.3 Å². The van der Waals surface area contributed by atoms with E-state index in [1.807, 2.05) is 81.1 Å². The quantitative estimate of drug-likeness (QED) is 0.616. The van der Waals surface area contributed by atoms with E-state index < -0.39 is 10.0 Å². The Labute approximate surface area is 190 Å². The summed E-state index contributed by atoms with van der Waals surface area (Å²) >= 11 is 0. The van der Waals surface area contributed by atoms with Crippen LogP contribution in [0.2, 0.25) is 0 Å². The van der Waals surface area contributed by atoms with Crippen molar-refractivity contribution in [3.05, 3.63) is 93.5 Å². The van der Waals surface area contributed by atoms with Crippen LogP contribution in [0.5, 0.6) is 0 Å². The van der Waals surface area contributed by atoms with Gasteiger partial charge in [0.25, 0.3) is 15.9 Å². The van der Waals surface area contributed by atoms with Crippen LogP contribution >= 0.6 is 0 Å². The van der Waals surface area contributed by atoms with Gasteiger partial charge in [-0.25, -0.2) is 8.42 Å². The summed E-state index contributed by atoms with van der Waals surface area (Å²) in [5.41, 5.74) is 6.71. The summed E-state index contributed by atoms with van der Waals surface area (Å²) in [4.78, 5) is 15.0. The van der Waals surface area contributed by atoms with E-state index in [2.05, 4.69) is 4.72 Å². The largest absolute Gasteiger partial charge is 0.334 e. The first kappa shape index (κ1) is 22.1. The summed E-state index contributed by atoms with van der Waals surface area (Å²) in [6.07, 6.45) is 0.746. The smallest absolute Gasteiger partial charge is 0.262 e. The fraction of sp³-hybridized carbons (Fsp3) is 0.269. The standard InChI is InChI=1S/C26H28N2O3S/c1-17-14-18(2)20(4)25(19(17)3)32(30,31)27-24-11-10-21-12-13-28(16-23(21)15-24)26(29)22-8-6-5-7-9-22/h5-11,14-15,27H,12-13,16H2,1-4H3. The number of carbonyl (C=O) groups is 1. The van der Waals surface area contributed by atoms with Crippen molar-refractivity contribution >= 4 is 21.6 Å².